The summed E-state index contributed by atoms with van der Waals surface area (Å²) in [6.45, 7) is 8.00. The third kappa shape index (κ3) is 4.09. The summed E-state index contributed by atoms with van der Waals surface area (Å²) < 4.78 is 18.4. The van der Waals surface area contributed by atoms with Gasteiger partial charge in [-0.15, -0.1) is 0 Å². The maximum Gasteiger partial charge on any atom is 0.259 e. The number of nitrogen functional groups attached to an aromatic ring is 1. The number of hydrogen-bond acceptors (Lipinski definition) is 5. The number of nitrogens with zero attached hydrogens (tertiary/aromatic N) is 3. The van der Waals surface area contributed by atoms with Gasteiger partial charge in [-0.2, -0.15) is 4.98 Å². The number of anilines is 1. The van der Waals surface area contributed by atoms with E-state index in [0.717, 1.165) is 24.2 Å². The summed E-state index contributed by atoms with van der Waals surface area (Å²) in [5.41, 5.74) is 8.08. The van der Waals surface area contributed by atoms with E-state index in [0.29, 0.717) is 17.9 Å². The maximum atomic E-state index is 13.2. The molecule has 0 aliphatic carbocycles. The van der Waals surface area contributed by atoms with Crippen LogP contribution < -0.4 is 10.5 Å². The van der Waals surface area contributed by atoms with Crippen molar-refractivity contribution in [2.24, 2.45) is 0 Å². The minimum atomic E-state index is -0.234. The molecule has 2 aromatic rings. The average molecular weight is 386 g/mol. The Labute approximate surface area is 165 Å². The minimum absolute atomic E-state index is 0.0201. The largest absolute Gasteiger partial charge is 0.480 e. The topological polar surface area (TPSA) is 71.7 Å². The molecule has 1 aliphatic heterocycles. The smallest absolute Gasteiger partial charge is 0.259 e. The van der Waals surface area contributed by atoms with E-state index in [9.17, 15) is 9.18 Å². The molecule has 3 rings (SSSR count). The van der Waals surface area contributed by atoms with Crippen LogP contribution in [-0.4, -0.2) is 53.0 Å². The highest BCUT2D eigenvalue weighted by Gasteiger charge is 2.33. The zero-order chi connectivity index (χ0) is 20.4. The van der Waals surface area contributed by atoms with Crippen molar-refractivity contribution in [2.45, 2.75) is 39.4 Å². The SMILES string of the molecule is COc1nc(N)c(C)cc1C(=O)N1C[C@H](C)N(Cc2ccc(F)cc2)CC1C. The van der Waals surface area contributed by atoms with Crippen molar-refractivity contribution in [3.63, 3.8) is 0 Å². The van der Waals surface area contributed by atoms with E-state index < -0.39 is 0 Å². The Bertz CT molecular complexity index is 856. The van der Waals surface area contributed by atoms with Crippen LogP contribution in [0, 0.1) is 12.7 Å². The normalized spacial score (nSPS) is 20.2. The number of piperazine rings is 1. The number of carbonyl (C=O) groups is 1. The van der Waals surface area contributed by atoms with Crippen LogP contribution in [0.2, 0.25) is 0 Å². The number of ether oxygens (including phenoxy) is 1. The molecule has 0 spiro atoms. The van der Waals surface area contributed by atoms with Crippen molar-refractivity contribution in [1.82, 2.24) is 14.8 Å². The first-order valence-electron chi connectivity index (χ1n) is 9.40. The van der Waals surface area contributed by atoms with E-state index >= 15 is 0 Å². The highest BCUT2D eigenvalue weighted by atomic mass is 19.1. The lowest BCUT2D eigenvalue weighted by Crippen LogP contribution is -2.57. The first-order valence-corrected chi connectivity index (χ1v) is 9.40. The zero-order valence-corrected chi connectivity index (χ0v) is 16.8. The molecule has 7 heteroatoms. The maximum absolute atomic E-state index is 13.2. The fourth-order valence-corrected chi connectivity index (χ4v) is 3.60. The summed E-state index contributed by atoms with van der Waals surface area (Å²) in [5, 5.41) is 0. The molecule has 6 nitrogen and oxygen atoms in total. The van der Waals surface area contributed by atoms with Crippen LogP contribution in [0.3, 0.4) is 0 Å². The fourth-order valence-electron chi connectivity index (χ4n) is 3.60. The molecular weight excluding hydrogens is 359 g/mol. The lowest BCUT2D eigenvalue weighted by Gasteiger charge is -2.44. The number of amides is 1. The molecule has 1 aromatic carbocycles. The van der Waals surface area contributed by atoms with E-state index in [1.54, 1.807) is 18.2 Å². The molecule has 2 atom stereocenters. The van der Waals surface area contributed by atoms with E-state index in [4.69, 9.17) is 10.5 Å². The summed E-state index contributed by atoms with van der Waals surface area (Å²) in [6.07, 6.45) is 0. The van der Waals surface area contributed by atoms with Gasteiger partial charge in [0.25, 0.3) is 5.91 Å². The Morgan fingerprint density at radius 2 is 1.93 bits per heavy atom. The molecule has 0 saturated carbocycles. The van der Waals surface area contributed by atoms with E-state index in [-0.39, 0.29) is 29.7 Å². The van der Waals surface area contributed by atoms with Gasteiger partial charge in [0.15, 0.2) is 0 Å². The van der Waals surface area contributed by atoms with Crippen molar-refractivity contribution in [3.05, 3.63) is 52.8 Å². The van der Waals surface area contributed by atoms with Crippen molar-refractivity contribution in [2.75, 3.05) is 25.9 Å². The van der Waals surface area contributed by atoms with Gasteiger partial charge in [-0.3, -0.25) is 9.69 Å². The molecule has 1 unspecified atom stereocenters. The molecule has 0 bridgehead atoms. The number of nitrogens with two attached hydrogens (primary N) is 1. The summed E-state index contributed by atoms with van der Waals surface area (Å²) in [5.74, 6) is 0.274. The van der Waals surface area contributed by atoms with Gasteiger partial charge in [0.1, 0.15) is 17.2 Å². The van der Waals surface area contributed by atoms with Crippen LogP contribution in [0.4, 0.5) is 10.2 Å². The number of rotatable bonds is 4. The van der Waals surface area contributed by atoms with Gasteiger partial charge in [-0.1, -0.05) is 12.1 Å². The highest BCUT2D eigenvalue weighted by molar-refractivity contribution is 5.97. The minimum Gasteiger partial charge on any atom is -0.480 e. The monoisotopic (exact) mass is 386 g/mol. The predicted octanol–water partition coefficient (Wildman–Crippen LogP) is 2.85. The lowest BCUT2D eigenvalue weighted by atomic mass is 10.0. The Morgan fingerprint density at radius 1 is 1.25 bits per heavy atom. The number of benzene rings is 1. The van der Waals surface area contributed by atoms with Gasteiger partial charge in [0.2, 0.25) is 5.88 Å². The second-order valence-electron chi connectivity index (χ2n) is 7.46. The second-order valence-corrected chi connectivity index (χ2v) is 7.46. The van der Waals surface area contributed by atoms with E-state index in [1.165, 1.54) is 19.2 Å². The van der Waals surface area contributed by atoms with Crippen molar-refractivity contribution >= 4 is 11.7 Å². The molecule has 28 heavy (non-hydrogen) atoms. The van der Waals surface area contributed by atoms with Gasteiger partial charge < -0.3 is 15.4 Å². The van der Waals surface area contributed by atoms with Crippen molar-refractivity contribution < 1.29 is 13.9 Å². The number of pyridine rings is 1. The van der Waals surface area contributed by atoms with Gasteiger partial charge in [0, 0.05) is 31.7 Å². The molecular formula is C21H27FN4O2. The zero-order valence-electron chi connectivity index (χ0n) is 16.8. The molecule has 2 heterocycles. The Kier molecular flexibility index (Phi) is 5.84. The molecule has 2 N–H and O–H groups in total. The summed E-state index contributed by atoms with van der Waals surface area (Å²) in [7, 11) is 1.49. The van der Waals surface area contributed by atoms with Gasteiger partial charge in [-0.25, -0.2) is 4.39 Å². The van der Waals surface area contributed by atoms with E-state index in [2.05, 4.69) is 16.8 Å². The highest BCUT2D eigenvalue weighted by Crippen LogP contribution is 2.26. The number of halogens is 1. The van der Waals surface area contributed by atoms with Gasteiger partial charge >= 0.3 is 0 Å². The van der Waals surface area contributed by atoms with Crippen LogP contribution in [0.5, 0.6) is 5.88 Å². The van der Waals surface area contributed by atoms with Crippen molar-refractivity contribution in [3.8, 4) is 5.88 Å². The molecule has 1 fully saturated rings. The number of carbonyl (C=O) groups excluding carboxylic acids is 1. The Balaban J connectivity index is 1.76. The van der Waals surface area contributed by atoms with E-state index in [1.807, 2.05) is 18.7 Å². The molecule has 1 aliphatic rings. The average Bonchev–Trinajstić information content (AvgIpc) is 2.67. The molecule has 0 radical (unpaired) electrons. The Hall–Kier alpha value is -2.67. The third-order valence-electron chi connectivity index (χ3n) is 5.32. The lowest BCUT2D eigenvalue weighted by molar-refractivity contribution is 0.0288. The van der Waals surface area contributed by atoms with Gasteiger partial charge in [-0.05, 0) is 50.1 Å². The quantitative estimate of drug-likeness (QED) is 0.875. The third-order valence-corrected chi connectivity index (χ3v) is 5.32. The Morgan fingerprint density at radius 3 is 2.57 bits per heavy atom. The molecule has 1 aromatic heterocycles. The van der Waals surface area contributed by atoms with Crippen LogP contribution in [-0.2, 0) is 6.54 Å². The molecule has 1 saturated heterocycles. The van der Waals surface area contributed by atoms with Crippen LogP contribution >= 0.6 is 0 Å². The standard InChI is InChI=1S/C21H27FN4O2/c1-13-9-18(20(28-4)24-19(13)23)21(27)26-11-14(2)25(10-15(26)3)12-16-5-7-17(22)8-6-16/h5-9,14-15H,10-12H2,1-4H3,(H2,23,24)/t14-,15?/m0/s1. The number of aryl methyl sites for hydroxylation is 1. The first kappa shape index (κ1) is 20.1. The van der Waals surface area contributed by atoms with Gasteiger partial charge in [0.05, 0.1) is 7.11 Å². The van der Waals surface area contributed by atoms with Crippen molar-refractivity contribution in [1.29, 1.82) is 0 Å². The summed E-state index contributed by atoms with van der Waals surface area (Å²) in [4.78, 5) is 21.6. The number of aromatic nitrogens is 1. The first-order chi connectivity index (χ1) is 13.3. The molecule has 1 amide bonds. The number of methoxy groups -OCH3 is 1. The predicted molar refractivity (Wildman–Crippen MR) is 107 cm³/mol. The van der Waals surface area contributed by atoms with Crippen LogP contribution in [0.15, 0.2) is 30.3 Å². The molecule has 150 valence electrons. The fraction of sp³-hybridized carbons (Fsp3) is 0.429. The summed E-state index contributed by atoms with van der Waals surface area (Å²) >= 11 is 0. The summed E-state index contributed by atoms with van der Waals surface area (Å²) in [6, 6.07) is 8.49. The van der Waals surface area contributed by atoms with Crippen LogP contribution in [0.1, 0.15) is 35.3 Å². The second kappa shape index (κ2) is 8.14. The van der Waals surface area contributed by atoms with Crippen LogP contribution in [0.25, 0.3) is 0 Å². The number of hydrogen-bond donors (Lipinski definition) is 1.